The van der Waals surface area contributed by atoms with Crippen molar-refractivity contribution in [1.29, 1.82) is 0 Å². The summed E-state index contributed by atoms with van der Waals surface area (Å²) in [6, 6.07) is 3.43. The first-order valence-electron chi connectivity index (χ1n) is 3.26. The summed E-state index contributed by atoms with van der Waals surface area (Å²) >= 11 is 5.52. The third kappa shape index (κ3) is 5.87. The molecule has 0 amide bonds. The monoisotopic (exact) mass is 244 g/mol. The van der Waals surface area contributed by atoms with Gasteiger partial charge in [0.2, 0.25) is 0 Å². The van der Waals surface area contributed by atoms with Crippen molar-refractivity contribution in [3.05, 3.63) is 17.3 Å². The highest BCUT2D eigenvalue weighted by Crippen LogP contribution is 2.04. The Kier molecular flexibility index (Phi) is 9.72. The summed E-state index contributed by atoms with van der Waals surface area (Å²) in [7, 11) is 0. The molecular weight excluding hydrogens is 234 g/mol. The molecule has 1 heterocycles. The first-order chi connectivity index (χ1) is 5.33. The SMILES string of the molecule is Cl.Cl.NCCNc1ccc(Cl)nn1. The van der Waals surface area contributed by atoms with E-state index in [0.29, 0.717) is 24.1 Å². The van der Waals surface area contributed by atoms with Gasteiger partial charge in [-0.1, -0.05) is 11.6 Å². The maximum atomic E-state index is 5.52. The van der Waals surface area contributed by atoms with Crippen LogP contribution >= 0.6 is 36.4 Å². The number of halogens is 3. The molecule has 0 aliphatic carbocycles. The minimum absolute atomic E-state index is 0. The van der Waals surface area contributed by atoms with Crippen LogP contribution in [0.15, 0.2) is 12.1 Å². The number of nitrogens with two attached hydrogens (primary N) is 1. The second kappa shape index (κ2) is 8.31. The van der Waals surface area contributed by atoms with Crippen LogP contribution in [0.1, 0.15) is 0 Å². The fraction of sp³-hybridized carbons (Fsp3) is 0.333. The molecule has 1 aromatic rings. The number of hydrogen-bond donors (Lipinski definition) is 2. The Bertz CT molecular complexity index is 216. The molecule has 0 bridgehead atoms. The number of nitrogens with zero attached hydrogens (tertiary/aromatic N) is 2. The van der Waals surface area contributed by atoms with Gasteiger partial charge in [0.05, 0.1) is 0 Å². The van der Waals surface area contributed by atoms with Crippen LogP contribution < -0.4 is 11.1 Å². The summed E-state index contributed by atoms with van der Waals surface area (Å²) in [6.45, 7) is 1.26. The van der Waals surface area contributed by atoms with Crippen molar-refractivity contribution < 1.29 is 0 Å². The molecule has 4 nitrogen and oxygen atoms in total. The molecule has 1 rings (SSSR count). The largest absolute Gasteiger partial charge is 0.367 e. The van der Waals surface area contributed by atoms with Crippen molar-refractivity contribution in [2.45, 2.75) is 0 Å². The van der Waals surface area contributed by atoms with Crippen molar-refractivity contribution in [2.24, 2.45) is 5.73 Å². The highest BCUT2D eigenvalue weighted by atomic mass is 35.5. The predicted molar refractivity (Wildman–Crippen MR) is 59.1 cm³/mol. The maximum absolute atomic E-state index is 5.52. The molecule has 76 valence electrons. The molecule has 0 radical (unpaired) electrons. The number of rotatable bonds is 3. The van der Waals surface area contributed by atoms with Gasteiger partial charge in [0, 0.05) is 13.1 Å². The Morgan fingerprint density at radius 2 is 2.00 bits per heavy atom. The van der Waals surface area contributed by atoms with E-state index in [2.05, 4.69) is 15.5 Å². The van der Waals surface area contributed by atoms with Gasteiger partial charge in [-0.05, 0) is 12.1 Å². The number of aromatic nitrogens is 2. The highest BCUT2D eigenvalue weighted by molar-refractivity contribution is 6.29. The van der Waals surface area contributed by atoms with Gasteiger partial charge in [-0.25, -0.2) is 0 Å². The molecular formula is C6H11Cl3N4. The fourth-order valence-corrected chi connectivity index (χ4v) is 0.711. The van der Waals surface area contributed by atoms with E-state index in [9.17, 15) is 0 Å². The zero-order valence-electron chi connectivity index (χ0n) is 6.74. The van der Waals surface area contributed by atoms with Crippen LogP contribution in [0, 0.1) is 0 Å². The van der Waals surface area contributed by atoms with Crippen molar-refractivity contribution in [3.63, 3.8) is 0 Å². The zero-order chi connectivity index (χ0) is 8.10. The van der Waals surface area contributed by atoms with Gasteiger partial charge in [0.25, 0.3) is 0 Å². The van der Waals surface area contributed by atoms with Crippen LogP contribution in [0.2, 0.25) is 5.15 Å². The van der Waals surface area contributed by atoms with Crippen molar-refractivity contribution in [1.82, 2.24) is 10.2 Å². The highest BCUT2D eigenvalue weighted by Gasteiger charge is 1.92. The van der Waals surface area contributed by atoms with Gasteiger partial charge < -0.3 is 11.1 Å². The summed E-state index contributed by atoms with van der Waals surface area (Å²) in [5.41, 5.74) is 5.27. The van der Waals surface area contributed by atoms with Gasteiger partial charge in [-0.15, -0.1) is 35.0 Å². The molecule has 1 aromatic heterocycles. The molecule has 0 aromatic carbocycles. The second-order valence-electron chi connectivity index (χ2n) is 1.96. The molecule has 0 atom stereocenters. The van der Waals surface area contributed by atoms with Crippen LogP contribution in [0.3, 0.4) is 0 Å². The second-order valence-corrected chi connectivity index (χ2v) is 2.34. The van der Waals surface area contributed by atoms with E-state index in [0.717, 1.165) is 0 Å². The molecule has 13 heavy (non-hydrogen) atoms. The van der Waals surface area contributed by atoms with E-state index in [1.165, 1.54) is 0 Å². The van der Waals surface area contributed by atoms with Crippen LogP contribution in [0.4, 0.5) is 5.82 Å². The summed E-state index contributed by atoms with van der Waals surface area (Å²) in [5.74, 6) is 0.694. The molecule has 0 unspecified atom stereocenters. The molecule has 0 fully saturated rings. The Morgan fingerprint density at radius 1 is 1.31 bits per heavy atom. The van der Waals surface area contributed by atoms with Crippen molar-refractivity contribution in [3.8, 4) is 0 Å². The summed E-state index contributed by atoms with van der Waals surface area (Å²) in [5, 5.41) is 10.8. The van der Waals surface area contributed by atoms with Crippen LogP contribution in [0.25, 0.3) is 0 Å². The fourth-order valence-electron chi connectivity index (χ4n) is 0.611. The summed E-state index contributed by atoms with van der Waals surface area (Å²) in [6.07, 6.45) is 0. The van der Waals surface area contributed by atoms with E-state index in [-0.39, 0.29) is 24.8 Å². The van der Waals surface area contributed by atoms with Gasteiger partial charge >= 0.3 is 0 Å². The molecule has 0 saturated heterocycles. The average Bonchev–Trinajstić information content (AvgIpc) is 2.04. The number of anilines is 1. The van der Waals surface area contributed by atoms with E-state index in [4.69, 9.17) is 17.3 Å². The smallest absolute Gasteiger partial charge is 0.151 e. The standard InChI is InChI=1S/C6H9ClN4.2ClH/c7-5-1-2-6(11-10-5)9-4-3-8;;/h1-2H,3-4,8H2,(H,9,11);2*1H. The molecule has 0 aliphatic rings. The first kappa shape index (κ1) is 15.2. The maximum Gasteiger partial charge on any atom is 0.151 e. The first-order valence-corrected chi connectivity index (χ1v) is 3.64. The van der Waals surface area contributed by atoms with Crippen LogP contribution in [0.5, 0.6) is 0 Å². The average molecular weight is 246 g/mol. The minimum Gasteiger partial charge on any atom is -0.367 e. The topological polar surface area (TPSA) is 63.8 Å². The van der Waals surface area contributed by atoms with E-state index in [1.54, 1.807) is 12.1 Å². The quantitative estimate of drug-likeness (QED) is 0.844. The lowest BCUT2D eigenvalue weighted by molar-refractivity contribution is 0.971. The van der Waals surface area contributed by atoms with Crippen molar-refractivity contribution in [2.75, 3.05) is 18.4 Å². The van der Waals surface area contributed by atoms with E-state index >= 15 is 0 Å². The Morgan fingerprint density at radius 3 is 2.46 bits per heavy atom. The molecule has 3 N–H and O–H groups in total. The van der Waals surface area contributed by atoms with E-state index < -0.39 is 0 Å². The van der Waals surface area contributed by atoms with Gasteiger partial charge in [-0.2, -0.15) is 0 Å². The lowest BCUT2D eigenvalue weighted by atomic mass is 10.5. The molecule has 7 heteroatoms. The van der Waals surface area contributed by atoms with Crippen LogP contribution in [-0.2, 0) is 0 Å². The Hall–Kier alpha value is -0.290. The normalized spacial score (nSPS) is 8.15. The Labute approximate surface area is 94.1 Å². The van der Waals surface area contributed by atoms with Crippen LogP contribution in [-0.4, -0.2) is 23.3 Å². The third-order valence-electron chi connectivity index (χ3n) is 1.08. The van der Waals surface area contributed by atoms with Gasteiger partial charge in [0.1, 0.15) is 5.82 Å². The molecule has 0 spiro atoms. The Balaban J connectivity index is 0. The van der Waals surface area contributed by atoms with Crippen molar-refractivity contribution >= 4 is 42.2 Å². The number of nitrogens with one attached hydrogen (secondary N) is 1. The molecule has 0 saturated carbocycles. The summed E-state index contributed by atoms with van der Waals surface area (Å²) in [4.78, 5) is 0. The third-order valence-corrected chi connectivity index (χ3v) is 1.28. The zero-order valence-corrected chi connectivity index (χ0v) is 9.12. The van der Waals surface area contributed by atoms with Gasteiger partial charge in [0.15, 0.2) is 5.15 Å². The lowest BCUT2D eigenvalue weighted by Gasteiger charge is -2.00. The lowest BCUT2D eigenvalue weighted by Crippen LogP contribution is -2.13. The van der Waals surface area contributed by atoms with Gasteiger partial charge in [-0.3, -0.25) is 0 Å². The molecule has 0 aliphatic heterocycles. The summed E-state index contributed by atoms with van der Waals surface area (Å²) < 4.78 is 0. The predicted octanol–water partition coefficient (Wildman–Crippen LogP) is 1.34. The minimum atomic E-state index is 0. The van der Waals surface area contributed by atoms with E-state index in [1.807, 2.05) is 0 Å². The number of hydrogen-bond acceptors (Lipinski definition) is 4.